The smallest absolute Gasteiger partial charge is 0.254 e. The fraction of sp³-hybridized carbons (Fsp3) is 0.0500. The van der Waals surface area contributed by atoms with Crippen molar-refractivity contribution in [1.29, 1.82) is 0 Å². The lowest BCUT2D eigenvalue weighted by Crippen LogP contribution is -2.16. The van der Waals surface area contributed by atoms with Crippen LogP contribution in [0.5, 0.6) is 5.75 Å². The number of halogens is 3. The highest BCUT2D eigenvalue weighted by molar-refractivity contribution is 5.93. The first-order chi connectivity index (χ1) is 12.5. The monoisotopic (exact) mass is 357 g/mol. The normalized spacial score (nSPS) is 10.6. The van der Waals surface area contributed by atoms with E-state index in [2.05, 4.69) is 0 Å². The molecule has 3 nitrogen and oxygen atoms in total. The summed E-state index contributed by atoms with van der Waals surface area (Å²) in [5.74, 6) is -3.98. The highest BCUT2D eigenvalue weighted by atomic mass is 19.1. The fourth-order valence-electron chi connectivity index (χ4n) is 2.51. The zero-order valence-corrected chi connectivity index (χ0v) is 13.5. The Labute approximate surface area is 147 Å². The molecule has 0 spiro atoms. The molecule has 0 heterocycles. The van der Waals surface area contributed by atoms with Gasteiger partial charge in [-0.05, 0) is 47.0 Å². The van der Waals surface area contributed by atoms with Crippen LogP contribution in [0.25, 0.3) is 11.1 Å². The molecule has 6 heteroatoms. The van der Waals surface area contributed by atoms with Gasteiger partial charge in [0, 0.05) is 0 Å². The molecule has 0 saturated carbocycles. The second-order valence-electron chi connectivity index (χ2n) is 5.59. The number of ether oxygens (including phenoxy) is 1. The first-order valence-electron chi connectivity index (χ1n) is 7.71. The highest BCUT2D eigenvalue weighted by Gasteiger charge is 2.19. The zero-order chi connectivity index (χ0) is 18.7. The van der Waals surface area contributed by atoms with E-state index in [4.69, 9.17) is 10.5 Å². The Hall–Kier alpha value is -3.28. The maximum Gasteiger partial charge on any atom is 0.254 e. The summed E-state index contributed by atoms with van der Waals surface area (Å²) >= 11 is 0. The number of hydrogen-bond acceptors (Lipinski definition) is 2. The molecule has 1 amide bonds. The Morgan fingerprint density at radius 1 is 0.923 bits per heavy atom. The second-order valence-corrected chi connectivity index (χ2v) is 5.59. The third-order valence-electron chi connectivity index (χ3n) is 3.80. The third-order valence-corrected chi connectivity index (χ3v) is 3.80. The van der Waals surface area contributed by atoms with E-state index in [9.17, 15) is 18.0 Å². The molecule has 26 heavy (non-hydrogen) atoms. The first kappa shape index (κ1) is 17.5. The maximum atomic E-state index is 14.2. The summed E-state index contributed by atoms with van der Waals surface area (Å²) in [4.78, 5) is 11.2. The van der Waals surface area contributed by atoms with Gasteiger partial charge in [0.05, 0.1) is 0 Å². The number of nitrogens with two attached hydrogens (primary N) is 1. The molecule has 2 N–H and O–H groups in total. The lowest BCUT2D eigenvalue weighted by atomic mass is 10.0. The van der Waals surface area contributed by atoms with Gasteiger partial charge in [-0.2, -0.15) is 0 Å². The van der Waals surface area contributed by atoms with Gasteiger partial charge in [0.1, 0.15) is 23.8 Å². The standard InChI is InChI=1S/C20H14F3NO2/c21-15-6-4-13(5-7-15)14-3-1-2-12(10-14)11-26-17-9-8-16(22)18(19(17)23)20(24)25/h1-10H,11H2,(H2,24,25). The van der Waals surface area contributed by atoms with Crippen molar-refractivity contribution < 1.29 is 22.7 Å². The van der Waals surface area contributed by atoms with Gasteiger partial charge < -0.3 is 10.5 Å². The Morgan fingerprint density at radius 3 is 2.35 bits per heavy atom. The molecular weight excluding hydrogens is 343 g/mol. The summed E-state index contributed by atoms with van der Waals surface area (Å²) in [6, 6.07) is 15.2. The summed E-state index contributed by atoms with van der Waals surface area (Å²) in [5.41, 5.74) is 6.53. The Bertz CT molecular complexity index is 956. The molecule has 0 radical (unpaired) electrons. The molecule has 0 aromatic heterocycles. The van der Waals surface area contributed by atoms with E-state index in [1.165, 1.54) is 12.1 Å². The van der Waals surface area contributed by atoms with Crippen LogP contribution < -0.4 is 10.5 Å². The quantitative estimate of drug-likeness (QED) is 0.733. The molecule has 3 rings (SSSR count). The minimum atomic E-state index is -1.20. The molecule has 0 atom stereocenters. The topological polar surface area (TPSA) is 52.3 Å². The number of hydrogen-bond donors (Lipinski definition) is 1. The van der Waals surface area contributed by atoms with Crippen LogP contribution in [0.3, 0.4) is 0 Å². The SMILES string of the molecule is NC(=O)c1c(F)ccc(OCc2cccc(-c3ccc(F)cc3)c2)c1F. The van der Waals surface area contributed by atoms with Crippen LogP contribution >= 0.6 is 0 Å². The van der Waals surface area contributed by atoms with Crippen LogP contribution in [0.4, 0.5) is 13.2 Å². The number of rotatable bonds is 5. The van der Waals surface area contributed by atoms with E-state index in [0.717, 1.165) is 28.8 Å². The average Bonchev–Trinajstić information content (AvgIpc) is 2.62. The summed E-state index contributed by atoms with van der Waals surface area (Å²) < 4.78 is 46.1. The molecule has 0 saturated heterocycles. The predicted molar refractivity (Wildman–Crippen MR) is 91.0 cm³/mol. The van der Waals surface area contributed by atoms with Gasteiger partial charge in [-0.15, -0.1) is 0 Å². The fourth-order valence-corrected chi connectivity index (χ4v) is 2.51. The Balaban J connectivity index is 1.81. The van der Waals surface area contributed by atoms with Gasteiger partial charge in [0.2, 0.25) is 0 Å². The van der Waals surface area contributed by atoms with Gasteiger partial charge in [0.15, 0.2) is 11.6 Å². The van der Waals surface area contributed by atoms with Crippen molar-refractivity contribution in [1.82, 2.24) is 0 Å². The van der Waals surface area contributed by atoms with Crippen LogP contribution in [-0.4, -0.2) is 5.91 Å². The molecule has 0 aliphatic heterocycles. The predicted octanol–water partition coefficient (Wildman–Crippen LogP) is 4.45. The lowest BCUT2D eigenvalue weighted by molar-refractivity contribution is 0.0991. The van der Waals surface area contributed by atoms with Crippen molar-refractivity contribution in [2.75, 3.05) is 0 Å². The van der Waals surface area contributed by atoms with Gasteiger partial charge in [-0.1, -0.05) is 30.3 Å². The van der Waals surface area contributed by atoms with Gasteiger partial charge >= 0.3 is 0 Å². The number of carbonyl (C=O) groups is 1. The Kier molecular flexibility index (Phi) is 4.93. The average molecular weight is 357 g/mol. The number of benzene rings is 3. The number of primary amides is 1. The van der Waals surface area contributed by atoms with E-state index < -0.39 is 23.1 Å². The van der Waals surface area contributed by atoms with Crippen LogP contribution in [0.15, 0.2) is 60.7 Å². The van der Waals surface area contributed by atoms with E-state index >= 15 is 0 Å². The molecule has 0 aliphatic carbocycles. The molecule has 3 aromatic rings. The number of carbonyl (C=O) groups excluding carboxylic acids is 1. The minimum absolute atomic E-state index is 0.00418. The van der Waals surface area contributed by atoms with Crippen LogP contribution in [0.2, 0.25) is 0 Å². The molecule has 0 unspecified atom stereocenters. The summed E-state index contributed by atoms with van der Waals surface area (Å²) in [5, 5.41) is 0. The third kappa shape index (κ3) is 3.69. The van der Waals surface area contributed by atoms with Crippen LogP contribution in [0.1, 0.15) is 15.9 Å². The largest absolute Gasteiger partial charge is 0.486 e. The van der Waals surface area contributed by atoms with Crippen molar-refractivity contribution in [2.24, 2.45) is 5.73 Å². The van der Waals surface area contributed by atoms with E-state index in [1.807, 2.05) is 12.1 Å². The summed E-state index contributed by atoms with van der Waals surface area (Å²) in [7, 11) is 0. The second kappa shape index (κ2) is 7.31. The van der Waals surface area contributed by atoms with Crippen molar-refractivity contribution in [3.63, 3.8) is 0 Å². The van der Waals surface area contributed by atoms with Crippen molar-refractivity contribution in [3.8, 4) is 16.9 Å². The van der Waals surface area contributed by atoms with Crippen molar-refractivity contribution in [2.45, 2.75) is 6.61 Å². The lowest BCUT2D eigenvalue weighted by Gasteiger charge is -2.11. The molecular formula is C20H14F3NO2. The maximum absolute atomic E-state index is 14.2. The van der Waals surface area contributed by atoms with E-state index in [-0.39, 0.29) is 18.2 Å². The minimum Gasteiger partial charge on any atom is -0.486 e. The molecule has 0 bridgehead atoms. The van der Waals surface area contributed by atoms with Crippen LogP contribution in [0, 0.1) is 17.5 Å². The van der Waals surface area contributed by atoms with E-state index in [1.54, 1.807) is 24.3 Å². The van der Waals surface area contributed by atoms with Crippen molar-refractivity contribution in [3.05, 3.63) is 89.2 Å². The molecule has 132 valence electrons. The van der Waals surface area contributed by atoms with Gasteiger partial charge in [-0.25, -0.2) is 13.2 Å². The van der Waals surface area contributed by atoms with E-state index in [0.29, 0.717) is 0 Å². The van der Waals surface area contributed by atoms with Gasteiger partial charge in [-0.3, -0.25) is 4.79 Å². The van der Waals surface area contributed by atoms with Crippen LogP contribution in [-0.2, 0) is 6.61 Å². The highest BCUT2D eigenvalue weighted by Crippen LogP contribution is 2.25. The first-order valence-corrected chi connectivity index (χ1v) is 7.71. The Morgan fingerprint density at radius 2 is 1.65 bits per heavy atom. The van der Waals surface area contributed by atoms with Crippen molar-refractivity contribution >= 4 is 5.91 Å². The zero-order valence-electron chi connectivity index (χ0n) is 13.5. The molecule has 0 aliphatic rings. The summed E-state index contributed by atoms with van der Waals surface area (Å²) in [6.45, 7) is -0.00418. The number of amides is 1. The molecule has 3 aromatic carbocycles. The van der Waals surface area contributed by atoms with Gasteiger partial charge in [0.25, 0.3) is 5.91 Å². The molecule has 0 fully saturated rings. The summed E-state index contributed by atoms with van der Waals surface area (Å²) in [6.07, 6.45) is 0.